The van der Waals surface area contributed by atoms with Gasteiger partial charge in [-0.15, -0.1) is 0 Å². The zero-order valence-electron chi connectivity index (χ0n) is 15.9. The Bertz CT molecular complexity index is 1110. The second-order valence-electron chi connectivity index (χ2n) is 6.41. The summed E-state index contributed by atoms with van der Waals surface area (Å²) in [5.41, 5.74) is 2.43. The van der Waals surface area contributed by atoms with Crippen LogP contribution in [0.2, 0.25) is 10.0 Å². The average molecular weight is 437 g/mol. The van der Waals surface area contributed by atoms with Gasteiger partial charge in [-0.05, 0) is 35.4 Å². The number of halogens is 2. The summed E-state index contributed by atoms with van der Waals surface area (Å²) in [4.78, 5) is 12.4. The first-order valence-electron chi connectivity index (χ1n) is 9.16. The number of nitrogens with zero attached hydrogens (tertiary/aromatic N) is 1. The van der Waals surface area contributed by atoms with Crippen LogP contribution in [0.3, 0.4) is 0 Å². The highest BCUT2D eigenvalue weighted by molar-refractivity contribution is 6.42. The van der Waals surface area contributed by atoms with Crippen LogP contribution in [0.15, 0.2) is 78.4 Å². The van der Waals surface area contributed by atoms with Gasteiger partial charge in [-0.3, -0.25) is 4.79 Å². The van der Waals surface area contributed by atoms with Gasteiger partial charge in [0.1, 0.15) is 24.0 Å². The summed E-state index contributed by atoms with van der Waals surface area (Å²) >= 11 is 12.0. The molecule has 1 N–H and O–H groups in total. The van der Waals surface area contributed by atoms with Crippen molar-refractivity contribution in [1.29, 1.82) is 5.26 Å². The monoisotopic (exact) mass is 436 g/mol. The molecule has 4 nitrogen and oxygen atoms in total. The van der Waals surface area contributed by atoms with Gasteiger partial charge in [0, 0.05) is 12.1 Å². The van der Waals surface area contributed by atoms with Crippen molar-refractivity contribution in [2.75, 3.05) is 0 Å². The average Bonchev–Trinajstić information content (AvgIpc) is 2.78. The topological polar surface area (TPSA) is 62.1 Å². The first-order valence-corrected chi connectivity index (χ1v) is 9.92. The highest BCUT2D eigenvalue weighted by atomic mass is 35.5. The van der Waals surface area contributed by atoms with Crippen LogP contribution in [0.25, 0.3) is 6.08 Å². The third-order valence-corrected chi connectivity index (χ3v) is 5.00. The van der Waals surface area contributed by atoms with Crippen LogP contribution in [0.5, 0.6) is 5.75 Å². The van der Waals surface area contributed by atoms with E-state index in [-0.39, 0.29) is 12.2 Å². The number of carbonyl (C=O) groups excluding carboxylic acids is 1. The Balaban J connectivity index is 1.72. The highest BCUT2D eigenvalue weighted by Gasteiger charge is 2.11. The minimum absolute atomic E-state index is 0.00322. The van der Waals surface area contributed by atoms with Gasteiger partial charge in [0.05, 0.1) is 10.0 Å². The normalized spacial score (nSPS) is 10.9. The fraction of sp³-hybridized carbons (Fsp3) is 0.0833. The van der Waals surface area contributed by atoms with E-state index >= 15 is 0 Å². The number of rotatable bonds is 7. The first kappa shape index (κ1) is 21.4. The van der Waals surface area contributed by atoms with Gasteiger partial charge in [-0.1, -0.05) is 77.8 Å². The van der Waals surface area contributed by atoms with Crippen LogP contribution in [0.4, 0.5) is 0 Å². The number of carbonyl (C=O) groups is 1. The first-order chi connectivity index (χ1) is 14.6. The number of nitrogens with one attached hydrogen (secondary N) is 1. The Morgan fingerprint density at radius 1 is 0.967 bits per heavy atom. The van der Waals surface area contributed by atoms with Gasteiger partial charge in [0.25, 0.3) is 5.91 Å². The molecule has 0 spiro atoms. The van der Waals surface area contributed by atoms with E-state index in [1.165, 1.54) is 6.08 Å². The Labute approximate surface area is 185 Å². The molecule has 30 heavy (non-hydrogen) atoms. The fourth-order valence-corrected chi connectivity index (χ4v) is 3.02. The molecule has 0 fully saturated rings. The SMILES string of the molecule is N#C/C(=C\c1ccccc1OCc1ccc(Cl)c(Cl)c1)C(=O)NCc1ccccc1. The molecular weight excluding hydrogens is 419 g/mol. The van der Waals surface area contributed by atoms with Gasteiger partial charge >= 0.3 is 0 Å². The van der Waals surface area contributed by atoms with Crippen molar-refractivity contribution in [3.8, 4) is 11.8 Å². The van der Waals surface area contributed by atoms with Crippen molar-refractivity contribution in [2.24, 2.45) is 0 Å². The van der Waals surface area contributed by atoms with Gasteiger partial charge in [-0.2, -0.15) is 5.26 Å². The lowest BCUT2D eigenvalue weighted by molar-refractivity contribution is -0.117. The third-order valence-electron chi connectivity index (χ3n) is 4.26. The van der Waals surface area contributed by atoms with Crippen molar-refractivity contribution < 1.29 is 9.53 Å². The van der Waals surface area contributed by atoms with Crippen LogP contribution in [-0.2, 0) is 17.9 Å². The molecule has 0 atom stereocenters. The van der Waals surface area contributed by atoms with Gasteiger partial charge in [0.15, 0.2) is 0 Å². The molecule has 6 heteroatoms. The lowest BCUT2D eigenvalue weighted by atomic mass is 10.1. The van der Waals surface area contributed by atoms with E-state index in [4.69, 9.17) is 27.9 Å². The van der Waals surface area contributed by atoms with Gasteiger partial charge in [0.2, 0.25) is 0 Å². The Hall–Kier alpha value is -3.26. The number of nitriles is 1. The summed E-state index contributed by atoms with van der Waals surface area (Å²) in [6, 6.07) is 23.9. The zero-order chi connectivity index (χ0) is 21.3. The smallest absolute Gasteiger partial charge is 0.262 e. The largest absolute Gasteiger partial charge is 0.488 e. The van der Waals surface area contributed by atoms with Crippen LogP contribution in [-0.4, -0.2) is 5.91 Å². The molecule has 150 valence electrons. The molecule has 3 rings (SSSR count). The van der Waals surface area contributed by atoms with Crippen molar-refractivity contribution >= 4 is 35.2 Å². The Kier molecular flexibility index (Phi) is 7.51. The molecule has 3 aromatic rings. The van der Waals surface area contributed by atoms with E-state index in [0.717, 1.165) is 11.1 Å². The van der Waals surface area contributed by atoms with Crippen LogP contribution in [0, 0.1) is 11.3 Å². The fourth-order valence-electron chi connectivity index (χ4n) is 2.70. The maximum Gasteiger partial charge on any atom is 0.262 e. The maximum absolute atomic E-state index is 12.4. The predicted molar refractivity (Wildman–Crippen MR) is 119 cm³/mol. The van der Waals surface area contributed by atoms with Crippen molar-refractivity contribution in [1.82, 2.24) is 5.32 Å². The van der Waals surface area contributed by atoms with Crippen molar-refractivity contribution in [3.63, 3.8) is 0 Å². The minimum Gasteiger partial charge on any atom is -0.488 e. The summed E-state index contributed by atoms with van der Waals surface area (Å²) < 4.78 is 5.89. The van der Waals surface area contributed by atoms with E-state index in [1.54, 1.807) is 24.3 Å². The molecule has 0 aliphatic heterocycles. The maximum atomic E-state index is 12.4. The van der Waals surface area contributed by atoms with Crippen molar-refractivity contribution in [2.45, 2.75) is 13.2 Å². The van der Waals surface area contributed by atoms with Gasteiger partial charge in [-0.25, -0.2) is 0 Å². The number of ether oxygens (including phenoxy) is 1. The predicted octanol–water partition coefficient (Wildman–Crippen LogP) is 5.80. The molecule has 0 aliphatic rings. The lowest BCUT2D eigenvalue weighted by Crippen LogP contribution is -2.23. The second-order valence-corrected chi connectivity index (χ2v) is 7.23. The number of amides is 1. The molecule has 0 bridgehead atoms. The third kappa shape index (κ3) is 5.87. The number of benzene rings is 3. The lowest BCUT2D eigenvalue weighted by Gasteiger charge is -2.10. The van der Waals surface area contributed by atoms with Crippen LogP contribution < -0.4 is 10.1 Å². The van der Waals surface area contributed by atoms with E-state index in [0.29, 0.717) is 27.9 Å². The molecule has 0 unspecified atom stereocenters. The number of hydrogen-bond acceptors (Lipinski definition) is 3. The van der Waals surface area contributed by atoms with Crippen LogP contribution in [0.1, 0.15) is 16.7 Å². The zero-order valence-corrected chi connectivity index (χ0v) is 17.5. The highest BCUT2D eigenvalue weighted by Crippen LogP contribution is 2.25. The summed E-state index contributed by atoms with van der Waals surface area (Å²) in [7, 11) is 0. The summed E-state index contributed by atoms with van der Waals surface area (Å²) in [6.07, 6.45) is 1.52. The molecule has 3 aromatic carbocycles. The molecule has 0 heterocycles. The molecule has 0 aromatic heterocycles. The molecule has 0 saturated carbocycles. The number of para-hydroxylation sites is 1. The van der Waals surface area contributed by atoms with E-state index < -0.39 is 5.91 Å². The Morgan fingerprint density at radius 2 is 1.70 bits per heavy atom. The molecule has 0 saturated heterocycles. The van der Waals surface area contributed by atoms with E-state index in [9.17, 15) is 10.1 Å². The van der Waals surface area contributed by atoms with E-state index in [1.807, 2.05) is 54.6 Å². The molecule has 0 radical (unpaired) electrons. The Morgan fingerprint density at radius 3 is 2.43 bits per heavy atom. The minimum atomic E-state index is -0.444. The number of hydrogen-bond donors (Lipinski definition) is 1. The summed E-state index contributed by atoms with van der Waals surface area (Å²) in [5.74, 6) is 0.104. The summed E-state index contributed by atoms with van der Waals surface area (Å²) in [5, 5.41) is 13.2. The second kappa shape index (κ2) is 10.5. The molecular formula is C24H18Cl2N2O2. The quantitative estimate of drug-likeness (QED) is 0.376. The van der Waals surface area contributed by atoms with E-state index in [2.05, 4.69) is 5.32 Å². The molecule has 0 aliphatic carbocycles. The van der Waals surface area contributed by atoms with Crippen molar-refractivity contribution in [3.05, 3.63) is 105 Å². The summed E-state index contributed by atoms with van der Waals surface area (Å²) in [6.45, 7) is 0.609. The molecule has 1 amide bonds. The van der Waals surface area contributed by atoms with Gasteiger partial charge < -0.3 is 10.1 Å². The van der Waals surface area contributed by atoms with Crippen LogP contribution >= 0.6 is 23.2 Å². The standard InChI is InChI=1S/C24H18Cl2N2O2/c25-21-11-10-18(12-22(21)26)16-30-23-9-5-4-8-19(23)13-20(14-27)24(29)28-15-17-6-2-1-3-7-17/h1-13H,15-16H2,(H,28,29)/b20-13+.